The first-order chi connectivity index (χ1) is 9.02. The number of hydrogen-bond donors (Lipinski definition) is 1. The van der Waals surface area contributed by atoms with Gasteiger partial charge in [-0.3, -0.25) is 4.79 Å². The number of ether oxygens (including phenoxy) is 1. The highest BCUT2D eigenvalue weighted by Crippen LogP contribution is 2.26. The van der Waals surface area contributed by atoms with Crippen LogP contribution in [0.5, 0.6) is 5.75 Å². The summed E-state index contributed by atoms with van der Waals surface area (Å²) in [7, 11) is 1.50. The van der Waals surface area contributed by atoms with Crippen molar-refractivity contribution in [2.24, 2.45) is 0 Å². The molecule has 0 aromatic heterocycles. The molecule has 0 atom stereocenters. The third-order valence-corrected chi connectivity index (χ3v) is 3.42. The number of rotatable bonds is 3. The van der Waals surface area contributed by atoms with Gasteiger partial charge in [0.2, 0.25) is 0 Å². The lowest BCUT2D eigenvalue weighted by molar-refractivity contribution is 0.103. The average Bonchev–Trinajstić information content (AvgIpc) is 2.41. The second-order valence-corrected chi connectivity index (χ2v) is 4.73. The van der Waals surface area contributed by atoms with Crippen LogP contribution < -0.4 is 10.5 Å². The van der Waals surface area contributed by atoms with E-state index in [0.717, 1.165) is 0 Å². The average molecular weight is 296 g/mol. The van der Waals surface area contributed by atoms with E-state index in [4.69, 9.17) is 33.7 Å². The molecule has 3 nitrogen and oxygen atoms in total. The molecule has 0 aliphatic carbocycles. The van der Waals surface area contributed by atoms with Gasteiger partial charge in [-0.15, -0.1) is 0 Å². The summed E-state index contributed by atoms with van der Waals surface area (Å²) in [5.74, 6) is 0.294. The quantitative estimate of drug-likeness (QED) is 0.692. The fourth-order valence-corrected chi connectivity index (χ4v) is 1.95. The Bertz CT molecular complexity index is 641. The zero-order valence-corrected chi connectivity index (χ0v) is 11.6. The lowest BCUT2D eigenvalue weighted by atomic mass is 10.0. The third kappa shape index (κ3) is 2.83. The number of nitrogen functional groups attached to an aromatic ring is 1. The predicted molar refractivity (Wildman–Crippen MR) is 77.3 cm³/mol. The van der Waals surface area contributed by atoms with Crippen LogP contribution in [0, 0.1) is 0 Å². The van der Waals surface area contributed by atoms with Gasteiger partial charge in [-0.25, -0.2) is 0 Å². The van der Waals surface area contributed by atoms with Crippen LogP contribution in [0.15, 0.2) is 36.4 Å². The molecule has 0 unspecified atom stereocenters. The van der Waals surface area contributed by atoms with Crippen LogP contribution in [-0.2, 0) is 0 Å². The number of carbonyl (C=O) groups is 1. The fourth-order valence-electron chi connectivity index (χ4n) is 1.66. The van der Waals surface area contributed by atoms with Crippen LogP contribution in [0.4, 0.5) is 5.69 Å². The second kappa shape index (κ2) is 5.51. The Morgan fingerprint density at radius 3 is 2.32 bits per heavy atom. The Kier molecular flexibility index (Phi) is 3.98. The van der Waals surface area contributed by atoms with Gasteiger partial charge in [0.05, 0.1) is 22.8 Å². The topological polar surface area (TPSA) is 52.3 Å². The highest BCUT2D eigenvalue weighted by molar-refractivity contribution is 6.42. The monoisotopic (exact) mass is 295 g/mol. The minimum Gasteiger partial charge on any atom is -0.495 e. The van der Waals surface area contributed by atoms with E-state index in [1.807, 2.05) is 0 Å². The number of anilines is 1. The van der Waals surface area contributed by atoms with Crippen molar-refractivity contribution in [3.05, 3.63) is 57.6 Å². The molecule has 2 aromatic carbocycles. The molecule has 98 valence electrons. The van der Waals surface area contributed by atoms with Gasteiger partial charge >= 0.3 is 0 Å². The van der Waals surface area contributed by atoms with Gasteiger partial charge in [0, 0.05) is 11.1 Å². The predicted octanol–water partition coefficient (Wildman–Crippen LogP) is 3.82. The fraction of sp³-hybridized carbons (Fsp3) is 0.0714. The minimum absolute atomic E-state index is 0.170. The Morgan fingerprint density at radius 1 is 1.05 bits per heavy atom. The Hall–Kier alpha value is -1.71. The van der Waals surface area contributed by atoms with Crippen molar-refractivity contribution in [2.75, 3.05) is 12.8 Å². The SMILES string of the molecule is COc1cc(C(=O)c2ccc(Cl)c(Cl)c2)ccc1N. The van der Waals surface area contributed by atoms with Crippen LogP contribution in [0.1, 0.15) is 15.9 Å². The lowest BCUT2D eigenvalue weighted by Gasteiger charge is -2.07. The summed E-state index contributed by atoms with van der Waals surface area (Å²) in [6, 6.07) is 9.62. The molecule has 0 saturated heterocycles. The van der Waals surface area contributed by atoms with Gasteiger partial charge in [0.1, 0.15) is 5.75 Å². The molecule has 19 heavy (non-hydrogen) atoms. The molecule has 0 aliphatic heterocycles. The molecule has 0 saturated carbocycles. The zero-order valence-electron chi connectivity index (χ0n) is 10.1. The summed E-state index contributed by atoms with van der Waals surface area (Å²) in [6.07, 6.45) is 0. The molecule has 0 amide bonds. The summed E-state index contributed by atoms with van der Waals surface area (Å²) < 4.78 is 5.09. The normalized spacial score (nSPS) is 10.3. The van der Waals surface area contributed by atoms with Gasteiger partial charge in [-0.1, -0.05) is 23.2 Å². The summed E-state index contributed by atoms with van der Waals surface area (Å²) in [5, 5.41) is 0.753. The molecule has 2 aromatic rings. The molecule has 2 rings (SSSR count). The van der Waals surface area contributed by atoms with Gasteiger partial charge in [0.15, 0.2) is 5.78 Å². The van der Waals surface area contributed by atoms with E-state index in [0.29, 0.717) is 32.6 Å². The largest absolute Gasteiger partial charge is 0.495 e. The molecular formula is C14H11Cl2NO2. The number of benzene rings is 2. The maximum atomic E-state index is 12.3. The number of carbonyl (C=O) groups excluding carboxylic acids is 1. The third-order valence-electron chi connectivity index (χ3n) is 2.68. The van der Waals surface area contributed by atoms with Crippen molar-refractivity contribution in [3.63, 3.8) is 0 Å². The van der Waals surface area contributed by atoms with Crippen molar-refractivity contribution in [1.29, 1.82) is 0 Å². The van der Waals surface area contributed by atoms with E-state index in [1.54, 1.807) is 30.3 Å². The summed E-state index contributed by atoms with van der Waals surface area (Å²) >= 11 is 11.7. The lowest BCUT2D eigenvalue weighted by Crippen LogP contribution is -2.03. The number of halogens is 2. The van der Waals surface area contributed by atoms with Crippen LogP contribution in [0.2, 0.25) is 10.0 Å². The molecule has 0 bridgehead atoms. The van der Waals surface area contributed by atoms with Gasteiger partial charge < -0.3 is 10.5 Å². The van der Waals surface area contributed by atoms with Crippen molar-refractivity contribution in [1.82, 2.24) is 0 Å². The van der Waals surface area contributed by atoms with Crippen molar-refractivity contribution in [3.8, 4) is 5.75 Å². The molecule has 0 radical (unpaired) electrons. The van der Waals surface area contributed by atoms with E-state index < -0.39 is 0 Å². The van der Waals surface area contributed by atoms with Crippen LogP contribution in [-0.4, -0.2) is 12.9 Å². The molecule has 0 spiro atoms. The van der Waals surface area contributed by atoms with Crippen LogP contribution in [0.3, 0.4) is 0 Å². The standard InChI is InChI=1S/C14H11Cl2NO2/c1-19-13-7-9(3-5-12(13)17)14(18)8-2-4-10(15)11(16)6-8/h2-7H,17H2,1H3. The second-order valence-electron chi connectivity index (χ2n) is 3.91. The molecule has 0 fully saturated rings. The molecular weight excluding hydrogens is 285 g/mol. The highest BCUT2D eigenvalue weighted by Gasteiger charge is 2.12. The van der Waals surface area contributed by atoms with E-state index in [1.165, 1.54) is 13.2 Å². The van der Waals surface area contributed by atoms with Crippen LogP contribution >= 0.6 is 23.2 Å². The minimum atomic E-state index is -0.170. The van der Waals surface area contributed by atoms with Crippen LogP contribution in [0.25, 0.3) is 0 Å². The van der Waals surface area contributed by atoms with Gasteiger partial charge in [-0.2, -0.15) is 0 Å². The van der Waals surface area contributed by atoms with E-state index in [9.17, 15) is 4.79 Å². The van der Waals surface area contributed by atoms with Crippen molar-refractivity contribution in [2.45, 2.75) is 0 Å². The molecule has 0 aliphatic rings. The summed E-state index contributed by atoms with van der Waals surface area (Å²) in [6.45, 7) is 0. The number of ketones is 1. The summed E-state index contributed by atoms with van der Waals surface area (Å²) in [4.78, 5) is 12.3. The zero-order chi connectivity index (χ0) is 14.0. The Morgan fingerprint density at radius 2 is 1.68 bits per heavy atom. The first-order valence-electron chi connectivity index (χ1n) is 5.46. The Labute approximate surface area is 120 Å². The maximum Gasteiger partial charge on any atom is 0.193 e. The molecule has 0 heterocycles. The summed E-state index contributed by atoms with van der Waals surface area (Å²) in [5.41, 5.74) is 7.12. The van der Waals surface area contributed by atoms with Crippen molar-refractivity contribution < 1.29 is 9.53 Å². The number of methoxy groups -OCH3 is 1. The van der Waals surface area contributed by atoms with E-state index >= 15 is 0 Å². The first-order valence-corrected chi connectivity index (χ1v) is 6.22. The maximum absolute atomic E-state index is 12.3. The van der Waals surface area contributed by atoms with E-state index in [2.05, 4.69) is 0 Å². The van der Waals surface area contributed by atoms with Gasteiger partial charge in [0.25, 0.3) is 0 Å². The van der Waals surface area contributed by atoms with E-state index in [-0.39, 0.29) is 5.78 Å². The molecule has 2 N–H and O–H groups in total. The van der Waals surface area contributed by atoms with Gasteiger partial charge in [-0.05, 0) is 36.4 Å². The number of hydrogen-bond acceptors (Lipinski definition) is 3. The highest BCUT2D eigenvalue weighted by atomic mass is 35.5. The van der Waals surface area contributed by atoms with Crippen molar-refractivity contribution >= 4 is 34.7 Å². The first kappa shape index (κ1) is 13.7. The number of nitrogens with two attached hydrogens (primary N) is 1. The Balaban J connectivity index is 2.41. The molecule has 5 heteroatoms. The smallest absolute Gasteiger partial charge is 0.193 e.